The van der Waals surface area contributed by atoms with Crippen LogP contribution in [0.3, 0.4) is 0 Å². The summed E-state index contributed by atoms with van der Waals surface area (Å²) in [4.78, 5) is 20.5. The molecule has 0 unspecified atom stereocenters. The van der Waals surface area contributed by atoms with Gasteiger partial charge in [0.2, 0.25) is 0 Å². The molecular weight excluding hydrogens is 428 g/mol. The van der Waals surface area contributed by atoms with Crippen LogP contribution in [0.15, 0.2) is 51.9 Å². The van der Waals surface area contributed by atoms with Crippen LogP contribution >= 0.6 is 11.6 Å². The Morgan fingerprint density at radius 3 is 2.59 bits per heavy atom. The van der Waals surface area contributed by atoms with Crippen LogP contribution in [0.5, 0.6) is 5.75 Å². The molecule has 32 heavy (non-hydrogen) atoms. The molecule has 0 bridgehead atoms. The average Bonchev–Trinajstić information content (AvgIpc) is 3.30. The van der Waals surface area contributed by atoms with Gasteiger partial charge in [0.1, 0.15) is 11.5 Å². The number of hydrogen-bond donors (Lipinski definition) is 1. The second-order valence-electron chi connectivity index (χ2n) is 7.82. The number of aryl methyl sites for hydroxylation is 2. The van der Waals surface area contributed by atoms with E-state index in [9.17, 15) is 4.79 Å². The fraction of sp³-hybridized carbons (Fsp3) is 0.208. The summed E-state index contributed by atoms with van der Waals surface area (Å²) in [6.07, 6.45) is 1.69. The van der Waals surface area contributed by atoms with Crippen LogP contribution in [0.25, 0.3) is 33.1 Å². The number of rotatable bonds is 4. The van der Waals surface area contributed by atoms with Crippen LogP contribution in [0.1, 0.15) is 30.0 Å². The lowest BCUT2D eigenvalue weighted by atomic mass is 10.00. The maximum Gasteiger partial charge on any atom is 0.327 e. The van der Waals surface area contributed by atoms with E-state index in [1.165, 1.54) is 0 Å². The molecule has 5 rings (SSSR count). The SMILES string of the molecule is COc1cc2c(cc1-c1c(C)noc1C)ncc1[nH]c(=O)n([C@H](C)c3ccc(Cl)cc3)c12. The number of ether oxygens (including phenoxy) is 1. The summed E-state index contributed by atoms with van der Waals surface area (Å²) in [5.41, 5.74) is 5.44. The summed E-state index contributed by atoms with van der Waals surface area (Å²) >= 11 is 6.05. The Bertz CT molecular complexity index is 1510. The molecule has 2 aromatic carbocycles. The smallest absolute Gasteiger partial charge is 0.327 e. The number of halogens is 1. The van der Waals surface area contributed by atoms with E-state index in [1.54, 1.807) is 17.9 Å². The number of benzene rings is 2. The monoisotopic (exact) mass is 448 g/mol. The highest BCUT2D eigenvalue weighted by atomic mass is 35.5. The number of imidazole rings is 1. The maximum absolute atomic E-state index is 13.0. The van der Waals surface area contributed by atoms with Gasteiger partial charge in [-0.05, 0) is 50.6 Å². The molecule has 1 atom stereocenters. The van der Waals surface area contributed by atoms with Crippen molar-refractivity contribution < 1.29 is 9.26 Å². The second kappa shape index (κ2) is 7.53. The van der Waals surface area contributed by atoms with Crippen LogP contribution < -0.4 is 10.4 Å². The van der Waals surface area contributed by atoms with E-state index in [4.69, 9.17) is 20.9 Å². The van der Waals surface area contributed by atoms with Crippen LogP contribution in [0, 0.1) is 13.8 Å². The van der Waals surface area contributed by atoms with Gasteiger partial charge in [0, 0.05) is 16.0 Å². The number of pyridine rings is 1. The molecule has 0 aliphatic carbocycles. The number of methoxy groups -OCH3 is 1. The van der Waals surface area contributed by atoms with Gasteiger partial charge in [-0.15, -0.1) is 0 Å². The van der Waals surface area contributed by atoms with E-state index in [-0.39, 0.29) is 11.7 Å². The topological polar surface area (TPSA) is 85.9 Å². The molecule has 1 N–H and O–H groups in total. The fourth-order valence-electron chi connectivity index (χ4n) is 4.32. The van der Waals surface area contributed by atoms with E-state index in [2.05, 4.69) is 15.1 Å². The van der Waals surface area contributed by atoms with Crippen molar-refractivity contribution in [3.05, 3.63) is 75.1 Å². The molecule has 0 aliphatic rings. The van der Waals surface area contributed by atoms with E-state index >= 15 is 0 Å². The number of nitrogens with one attached hydrogen (secondary N) is 1. The molecule has 0 amide bonds. The van der Waals surface area contributed by atoms with Gasteiger partial charge in [-0.3, -0.25) is 9.55 Å². The third kappa shape index (κ3) is 3.08. The zero-order chi connectivity index (χ0) is 22.6. The van der Waals surface area contributed by atoms with E-state index in [1.807, 2.05) is 57.2 Å². The van der Waals surface area contributed by atoms with Crippen molar-refractivity contribution in [3.8, 4) is 16.9 Å². The van der Waals surface area contributed by atoms with Gasteiger partial charge in [0.15, 0.2) is 0 Å². The first-order chi connectivity index (χ1) is 15.4. The minimum absolute atomic E-state index is 0.203. The summed E-state index contributed by atoms with van der Waals surface area (Å²) < 4.78 is 12.8. The number of aromatic amines is 1. The van der Waals surface area contributed by atoms with Gasteiger partial charge in [0.25, 0.3) is 0 Å². The van der Waals surface area contributed by atoms with Gasteiger partial charge in [0.05, 0.1) is 47.2 Å². The van der Waals surface area contributed by atoms with Crippen molar-refractivity contribution in [1.82, 2.24) is 19.7 Å². The summed E-state index contributed by atoms with van der Waals surface area (Å²) in [7, 11) is 1.62. The molecular formula is C24H21ClN4O3. The maximum atomic E-state index is 13.0. The molecule has 0 aliphatic heterocycles. The van der Waals surface area contributed by atoms with Crippen LogP contribution in [-0.2, 0) is 0 Å². The Balaban J connectivity index is 1.80. The summed E-state index contributed by atoms with van der Waals surface area (Å²) in [5, 5.41) is 5.53. The van der Waals surface area contributed by atoms with Crippen molar-refractivity contribution >= 4 is 33.5 Å². The molecule has 3 heterocycles. The summed E-state index contributed by atoms with van der Waals surface area (Å²) in [6, 6.07) is 11.2. The number of hydrogen-bond acceptors (Lipinski definition) is 5. The first-order valence-electron chi connectivity index (χ1n) is 10.2. The highest BCUT2D eigenvalue weighted by Gasteiger charge is 2.21. The van der Waals surface area contributed by atoms with Gasteiger partial charge in [-0.1, -0.05) is 28.9 Å². The van der Waals surface area contributed by atoms with Gasteiger partial charge < -0.3 is 14.2 Å². The normalized spacial score (nSPS) is 12.5. The lowest BCUT2D eigenvalue weighted by molar-refractivity contribution is 0.393. The van der Waals surface area contributed by atoms with Crippen LogP contribution in [-0.4, -0.2) is 26.8 Å². The lowest BCUT2D eigenvalue weighted by Gasteiger charge is -2.16. The molecule has 0 saturated heterocycles. The third-order valence-corrected chi connectivity index (χ3v) is 6.16. The standard InChI is InChI=1S/C24H21ClN4O3/c1-12-22(14(3)32-28-12)18-9-19-17(10-21(18)31-4)23-20(11-26-19)27-24(30)29(23)13(2)15-5-7-16(25)8-6-15/h5-11,13H,1-4H3,(H,27,30)/t13-/m1/s1. The molecule has 5 aromatic rings. The van der Waals surface area contributed by atoms with Crippen molar-refractivity contribution in [2.24, 2.45) is 0 Å². The Morgan fingerprint density at radius 2 is 1.94 bits per heavy atom. The van der Waals surface area contributed by atoms with Crippen LogP contribution in [0.2, 0.25) is 5.02 Å². The predicted molar refractivity (Wildman–Crippen MR) is 125 cm³/mol. The lowest BCUT2D eigenvalue weighted by Crippen LogP contribution is -2.21. The van der Waals surface area contributed by atoms with E-state index in [0.717, 1.165) is 38.8 Å². The summed E-state index contributed by atoms with van der Waals surface area (Å²) in [5.74, 6) is 1.36. The number of aromatic nitrogens is 4. The molecule has 162 valence electrons. The van der Waals surface area contributed by atoms with Crippen molar-refractivity contribution in [3.63, 3.8) is 0 Å². The predicted octanol–water partition coefficient (Wildman–Crippen LogP) is 5.42. The molecule has 0 spiro atoms. The average molecular weight is 449 g/mol. The largest absolute Gasteiger partial charge is 0.496 e. The molecule has 3 aromatic heterocycles. The Hall–Kier alpha value is -3.58. The van der Waals surface area contributed by atoms with Gasteiger partial charge in [-0.2, -0.15) is 0 Å². The third-order valence-electron chi connectivity index (χ3n) is 5.90. The number of fused-ring (bicyclic) bond motifs is 3. The minimum Gasteiger partial charge on any atom is -0.496 e. The van der Waals surface area contributed by atoms with Crippen molar-refractivity contribution in [2.75, 3.05) is 7.11 Å². The first kappa shape index (κ1) is 20.3. The minimum atomic E-state index is -0.215. The molecule has 8 heteroatoms. The first-order valence-corrected chi connectivity index (χ1v) is 10.6. The molecule has 0 radical (unpaired) electrons. The Labute approximate surface area is 188 Å². The van der Waals surface area contributed by atoms with Crippen LogP contribution in [0.4, 0.5) is 0 Å². The highest BCUT2D eigenvalue weighted by Crippen LogP contribution is 2.39. The number of H-pyrrole nitrogens is 1. The summed E-state index contributed by atoms with van der Waals surface area (Å²) in [6.45, 7) is 5.75. The van der Waals surface area contributed by atoms with E-state index < -0.39 is 0 Å². The highest BCUT2D eigenvalue weighted by molar-refractivity contribution is 6.30. The Kier molecular flexibility index (Phi) is 4.78. The van der Waals surface area contributed by atoms with E-state index in [0.29, 0.717) is 22.0 Å². The van der Waals surface area contributed by atoms with Gasteiger partial charge in [-0.25, -0.2) is 4.79 Å². The molecule has 0 saturated carbocycles. The van der Waals surface area contributed by atoms with Crippen molar-refractivity contribution in [1.29, 1.82) is 0 Å². The molecule has 0 fully saturated rings. The quantitative estimate of drug-likeness (QED) is 0.396. The van der Waals surface area contributed by atoms with Gasteiger partial charge >= 0.3 is 5.69 Å². The number of nitrogens with zero attached hydrogens (tertiary/aromatic N) is 3. The fourth-order valence-corrected chi connectivity index (χ4v) is 4.45. The molecule has 7 nitrogen and oxygen atoms in total. The van der Waals surface area contributed by atoms with Crippen molar-refractivity contribution in [2.45, 2.75) is 26.8 Å². The zero-order valence-electron chi connectivity index (χ0n) is 18.1. The second-order valence-corrected chi connectivity index (χ2v) is 8.25. The Morgan fingerprint density at radius 1 is 1.19 bits per heavy atom. The zero-order valence-corrected chi connectivity index (χ0v) is 18.8.